The molecule has 1 heterocycles. The molecule has 0 aromatic heterocycles. The highest BCUT2D eigenvalue weighted by molar-refractivity contribution is 6.30. The number of aliphatic imine (C=N–C) groups is 1. The summed E-state index contributed by atoms with van der Waals surface area (Å²) in [6.07, 6.45) is 2.09. The van der Waals surface area contributed by atoms with Gasteiger partial charge in [0.15, 0.2) is 0 Å². The van der Waals surface area contributed by atoms with Gasteiger partial charge in [-0.05, 0) is 49.2 Å². The minimum Gasteiger partial charge on any atom is -0.497 e. The molecule has 2 aromatic rings. The lowest BCUT2D eigenvalue weighted by Crippen LogP contribution is -2.36. The Morgan fingerprint density at radius 3 is 2.81 bits per heavy atom. The largest absolute Gasteiger partial charge is 0.497 e. The van der Waals surface area contributed by atoms with Gasteiger partial charge < -0.3 is 14.8 Å². The van der Waals surface area contributed by atoms with Gasteiger partial charge in [-0.15, -0.1) is 0 Å². The number of halogens is 1. The minimum atomic E-state index is -0.270. The van der Waals surface area contributed by atoms with E-state index in [0.29, 0.717) is 28.8 Å². The molecule has 1 fully saturated rings. The number of guanidine groups is 1. The van der Waals surface area contributed by atoms with Crippen molar-refractivity contribution in [3.63, 3.8) is 0 Å². The quantitative estimate of drug-likeness (QED) is 0.605. The van der Waals surface area contributed by atoms with E-state index in [0.717, 1.165) is 25.1 Å². The Balaban J connectivity index is 1.74. The number of benzene rings is 2. The van der Waals surface area contributed by atoms with Gasteiger partial charge in [-0.25, -0.2) is 4.99 Å². The molecule has 27 heavy (non-hydrogen) atoms. The van der Waals surface area contributed by atoms with E-state index in [1.54, 1.807) is 31.4 Å². The molecule has 1 atom stereocenters. The molecule has 2 N–H and O–H groups in total. The fraction of sp³-hybridized carbons (Fsp3) is 0.300. The van der Waals surface area contributed by atoms with Crippen LogP contribution in [-0.2, 0) is 4.74 Å². The summed E-state index contributed by atoms with van der Waals surface area (Å²) in [7, 11) is 1.61. The Hall–Kier alpha value is -2.57. The third-order valence-electron chi connectivity index (χ3n) is 4.15. The number of hydrogen-bond acceptors (Lipinski definition) is 4. The molecule has 1 unspecified atom stereocenters. The molecule has 1 saturated heterocycles. The number of carbonyl (C=O) groups is 1. The maximum absolute atomic E-state index is 12.5. The van der Waals surface area contributed by atoms with Crippen LogP contribution in [0.2, 0.25) is 5.02 Å². The molecule has 1 aliphatic heterocycles. The van der Waals surface area contributed by atoms with Crippen LogP contribution in [0.3, 0.4) is 0 Å². The lowest BCUT2D eigenvalue weighted by molar-refractivity contribution is 0.0975. The number of methoxy groups -OCH3 is 1. The van der Waals surface area contributed by atoms with Gasteiger partial charge in [-0.3, -0.25) is 10.1 Å². The van der Waals surface area contributed by atoms with Crippen LogP contribution in [0.15, 0.2) is 53.5 Å². The highest BCUT2D eigenvalue weighted by atomic mass is 35.5. The lowest BCUT2D eigenvalue weighted by atomic mass is 10.2. The zero-order valence-corrected chi connectivity index (χ0v) is 15.8. The van der Waals surface area contributed by atoms with Crippen molar-refractivity contribution in [3.05, 3.63) is 59.1 Å². The predicted octanol–water partition coefficient (Wildman–Crippen LogP) is 3.73. The maximum atomic E-state index is 12.5. The number of nitrogens with zero attached hydrogens (tertiary/aromatic N) is 1. The Bertz CT molecular complexity index is 802. The molecule has 7 heteroatoms. The van der Waals surface area contributed by atoms with Crippen molar-refractivity contribution in [2.24, 2.45) is 4.99 Å². The van der Waals surface area contributed by atoms with Gasteiger partial charge in [0.05, 0.1) is 19.8 Å². The van der Waals surface area contributed by atoms with E-state index < -0.39 is 0 Å². The van der Waals surface area contributed by atoms with Crippen molar-refractivity contribution in [2.75, 3.05) is 25.6 Å². The molecule has 1 amide bonds. The second-order valence-corrected chi connectivity index (χ2v) is 6.58. The standard InChI is InChI=1S/C20H22ClN3O3/c1-26-17-5-2-4-16(12-17)23-20(22-13-18-6-3-11-27-18)24-19(25)14-7-9-15(21)10-8-14/h2,4-5,7-10,12,18H,3,6,11,13H2,1H3,(H2,22,23,24,25). The normalized spacial score (nSPS) is 16.8. The Morgan fingerprint density at radius 1 is 1.30 bits per heavy atom. The molecule has 0 radical (unpaired) electrons. The summed E-state index contributed by atoms with van der Waals surface area (Å²) >= 11 is 5.89. The molecule has 0 spiro atoms. The second kappa shape index (κ2) is 9.39. The van der Waals surface area contributed by atoms with E-state index in [4.69, 9.17) is 21.1 Å². The average Bonchev–Trinajstić information content (AvgIpc) is 3.20. The van der Waals surface area contributed by atoms with Crippen LogP contribution in [-0.4, -0.2) is 38.2 Å². The van der Waals surface area contributed by atoms with Gasteiger partial charge in [0.2, 0.25) is 5.96 Å². The minimum absolute atomic E-state index is 0.0829. The smallest absolute Gasteiger partial charge is 0.257 e. The zero-order chi connectivity index (χ0) is 19.1. The summed E-state index contributed by atoms with van der Waals surface area (Å²) in [6.45, 7) is 1.24. The van der Waals surface area contributed by atoms with Crippen LogP contribution in [0, 0.1) is 0 Å². The van der Waals surface area contributed by atoms with Crippen molar-refractivity contribution in [1.82, 2.24) is 5.32 Å². The predicted molar refractivity (Wildman–Crippen MR) is 107 cm³/mol. The van der Waals surface area contributed by atoms with Crippen molar-refractivity contribution >= 4 is 29.2 Å². The van der Waals surface area contributed by atoms with Crippen molar-refractivity contribution in [3.8, 4) is 5.75 Å². The fourth-order valence-electron chi connectivity index (χ4n) is 2.71. The number of ether oxygens (including phenoxy) is 2. The van der Waals surface area contributed by atoms with Gasteiger partial charge in [0, 0.05) is 28.9 Å². The third-order valence-corrected chi connectivity index (χ3v) is 4.40. The molecule has 2 aromatic carbocycles. The lowest BCUT2D eigenvalue weighted by Gasteiger charge is -2.14. The number of anilines is 1. The highest BCUT2D eigenvalue weighted by Gasteiger charge is 2.16. The van der Waals surface area contributed by atoms with Crippen LogP contribution in [0.1, 0.15) is 23.2 Å². The van der Waals surface area contributed by atoms with E-state index >= 15 is 0 Å². The van der Waals surface area contributed by atoms with Crippen LogP contribution in [0.4, 0.5) is 5.69 Å². The van der Waals surface area contributed by atoms with E-state index in [2.05, 4.69) is 15.6 Å². The number of hydrogen-bond donors (Lipinski definition) is 2. The van der Waals surface area contributed by atoms with Crippen molar-refractivity contribution in [1.29, 1.82) is 0 Å². The number of amides is 1. The summed E-state index contributed by atoms with van der Waals surface area (Å²) in [5.74, 6) is 0.800. The summed E-state index contributed by atoms with van der Waals surface area (Å²) in [5, 5.41) is 6.55. The van der Waals surface area contributed by atoms with Gasteiger partial charge in [-0.1, -0.05) is 17.7 Å². The summed E-state index contributed by atoms with van der Waals surface area (Å²) in [5.41, 5.74) is 1.26. The van der Waals surface area contributed by atoms with Gasteiger partial charge in [0.1, 0.15) is 5.75 Å². The molecular weight excluding hydrogens is 366 g/mol. The molecule has 142 valence electrons. The van der Waals surface area contributed by atoms with Gasteiger partial charge >= 0.3 is 0 Å². The van der Waals surface area contributed by atoms with Crippen LogP contribution in [0.5, 0.6) is 5.75 Å². The van der Waals surface area contributed by atoms with Gasteiger partial charge in [0.25, 0.3) is 5.91 Å². The summed E-state index contributed by atoms with van der Waals surface area (Å²) in [6, 6.07) is 14.1. The molecule has 6 nitrogen and oxygen atoms in total. The Morgan fingerprint density at radius 2 is 2.11 bits per heavy atom. The summed E-state index contributed by atoms with van der Waals surface area (Å²) in [4.78, 5) is 17.1. The summed E-state index contributed by atoms with van der Waals surface area (Å²) < 4.78 is 10.9. The van der Waals surface area contributed by atoms with Crippen LogP contribution >= 0.6 is 11.6 Å². The van der Waals surface area contributed by atoms with Crippen LogP contribution in [0.25, 0.3) is 0 Å². The van der Waals surface area contributed by atoms with Crippen molar-refractivity contribution < 1.29 is 14.3 Å². The molecule has 0 saturated carbocycles. The second-order valence-electron chi connectivity index (χ2n) is 6.14. The van der Waals surface area contributed by atoms with Gasteiger partial charge in [-0.2, -0.15) is 0 Å². The zero-order valence-electron chi connectivity index (χ0n) is 15.1. The topological polar surface area (TPSA) is 71.9 Å². The Labute approximate surface area is 163 Å². The molecule has 1 aliphatic rings. The number of rotatable bonds is 5. The first kappa shape index (κ1) is 19.2. The van der Waals surface area contributed by atoms with Crippen molar-refractivity contribution in [2.45, 2.75) is 18.9 Å². The first-order chi connectivity index (χ1) is 13.1. The van der Waals surface area contributed by atoms with E-state index in [9.17, 15) is 4.79 Å². The van der Waals surface area contributed by atoms with E-state index in [-0.39, 0.29) is 12.0 Å². The first-order valence-electron chi connectivity index (χ1n) is 8.78. The molecule has 3 rings (SSSR count). The fourth-order valence-corrected chi connectivity index (χ4v) is 2.84. The molecular formula is C20H22ClN3O3. The average molecular weight is 388 g/mol. The maximum Gasteiger partial charge on any atom is 0.257 e. The molecule has 0 aliphatic carbocycles. The Kier molecular flexibility index (Phi) is 6.68. The SMILES string of the molecule is COc1cccc(NC(=NCC2CCCO2)NC(=O)c2ccc(Cl)cc2)c1. The first-order valence-corrected chi connectivity index (χ1v) is 9.16. The van der Waals surface area contributed by atoms with Crippen LogP contribution < -0.4 is 15.4 Å². The number of nitrogens with one attached hydrogen (secondary N) is 2. The monoisotopic (exact) mass is 387 g/mol. The molecule has 0 bridgehead atoms. The van der Waals surface area contributed by atoms with E-state index in [1.165, 1.54) is 0 Å². The number of carbonyl (C=O) groups excluding carboxylic acids is 1. The van der Waals surface area contributed by atoms with E-state index in [1.807, 2.05) is 24.3 Å². The third kappa shape index (κ3) is 5.70. The highest BCUT2D eigenvalue weighted by Crippen LogP contribution is 2.17.